The summed E-state index contributed by atoms with van der Waals surface area (Å²) in [6, 6.07) is 14.0. The van der Waals surface area contributed by atoms with Crippen molar-refractivity contribution in [2.45, 2.75) is 32.1 Å². The van der Waals surface area contributed by atoms with Gasteiger partial charge in [-0.1, -0.05) is 60.4 Å². The Bertz CT molecular complexity index is 1050. The number of benzene rings is 2. The largest absolute Gasteiger partial charge is 0.339 e. The van der Waals surface area contributed by atoms with Crippen LogP contribution in [0.5, 0.6) is 0 Å². The molecule has 0 saturated heterocycles. The number of nitrogens with zero attached hydrogens (tertiary/aromatic N) is 3. The van der Waals surface area contributed by atoms with Crippen LogP contribution >= 0.6 is 11.6 Å². The number of halogens is 1. The fourth-order valence-electron chi connectivity index (χ4n) is 2.87. The Kier molecular flexibility index (Phi) is 6.72. The molecule has 0 amide bonds. The molecule has 3 rings (SSSR count). The van der Waals surface area contributed by atoms with E-state index in [4.69, 9.17) is 16.1 Å². The normalized spacial score (nSPS) is 12.1. The lowest BCUT2D eigenvalue weighted by Crippen LogP contribution is -2.36. The van der Waals surface area contributed by atoms with E-state index in [1.165, 1.54) is 16.4 Å². The summed E-state index contributed by atoms with van der Waals surface area (Å²) >= 11 is 5.89. The van der Waals surface area contributed by atoms with Gasteiger partial charge in [-0.05, 0) is 37.1 Å². The molecular formula is C21H24ClN3O3S. The van der Waals surface area contributed by atoms with Gasteiger partial charge >= 0.3 is 0 Å². The van der Waals surface area contributed by atoms with E-state index in [1.54, 1.807) is 12.1 Å². The zero-order valence-electron chi connectivity index (χ0n) is 16.7. The van der Waals surface area contributed by atoms with Crippen LogP contribution in [0, 0.1) is 12.8 Å². The maximum Gasteiger partial charge on any atom is 0.243 e. The topological polar surface area (TPSA) is 76.3 Å². The molecule has 1 heterocycles. The number of hydrogen-bond acceptors (Lipinski definition) is 5. The molecular weight excluding hydrogens is 410 g/mol. The lowest BCUT2D eigenvalue weighted by atomic mass is 10.1. The number of aromatic nitrogens is 2. The number of hydrogen-bond donors (Lipinski definition) is 0. The fraction of sp³-hybridized carbons (Fsp3) is 0.333. The molecule has 1 aromatic heterocycles. The van der Waals surface area contributed by atoms with Crippen molar-refractivity contribution in [2.24, 2.45) is 5.92 Å². The second-order valence-corrected chi connectivity index (χ2v) is 9.71. The average Bonchev–Trinajstić information content (AvgIpc) is 3.14. The average molecular weight is 434 g/mol. The van der Waals surface area contributed by atoms with Gasteiger partial charge in [0, 0.05) is 30.1 Å². The minimum Gasteiger partial charge on any atom is -0.339 e. The Morgan fingerprint density at radius 1 is 1.07 bits per heavy atom. The lowest BCUT2D eigenvalue weighted by molar-refractivity contribution is 0.335. The predicted octanol–water partition coefficient (Wildman–Crippen LogP) is 4.59. The van der Waals surface area contributed by atoms with E-state index in [9.17, 15) is 8.42 Å². The first-order valence-electron chi connectivity index (χ1n) is 9.41. The van der Waals surface area contributed by atoms with Crippen molar-refractivity contribution < 1.29 is 12.9 Å². The maximum atomic E-state index is 13.1. The summed E-state index contributed by atoms with van der Waals surface area (Å²) in [7, 11) is -3.65. The van der Waals surface area contributed by atoms with Crippen LogP contribution in [0.25, 0.3) is 11.4 Å². The SMILES string of the molecule is Cc1ccc(-c2noc(CCN(CC(C)C)S(=O)(=O)c3ccc(Cl)cc3)n2)cc1. The Balaban J connectivity index is 1.76. The second-order valence-electron chi connectivity index (χ2n) is 7.34. The summed E-state index contributed by atoms with van der Waals surface area (Å²) in [6.07, 6.45) is 0.332. The first-order chi connectivity index (χ1) is 13.8. The van der Waals surface area contributed by atoms with Crippen LogP contribution in [0.3, 0.4) is 0 Å². The maximum absolute atomic E-state index is 13.1. The van der Waals surface area contributed by atoms with Gasteiger partial charge in [0.15, 0.2) is 0 Å². The van der Waals surface area contributed by atoms with Gasteiger partial charge in [-0.25, -0.2) is 8.42 Å². The summed E-state index contributed by atoms with van der Waals surface area (Å²) in [6.45, 7) is 6.61. The van der Waals surface area contributed by atoms with Crippen molar-refractivity contribution in [3.63, 3.8) is 0 Å². The van der Waals surface area contributed by atoms with Crippen molar-refractivity contribution in [1.82, 2.24) is 14.4 Å². The highest BCUT2D eigenvalue weighted by Gasteiger charge is 2.25. The number of sulfonamides is 1. The van der Waals surface area contributed by atoms with Crippen molar-refractivity contribution in [2.75, 3.05) is 13.1 Å². The van der Waals surface area contributed by atoms with Gasteiger partial charge in [0.05, 0.1) is 4.90 Å². The van der Waals surface area contributed by atoms with Crippen LogP contribution in [-0.4, -0.2) is 36.0 Å². The molecule has 0 aliphatic heterocycles. The molecule has 0 fully saturated rings. The third kappa shape index (κ3) is 5.44. The standard InChI is InChI=1S/C21H24ClN3O3S/c1-15(2)14-25(29(26,27)19-10-8-18(22)9-11-19)13-12-20-23-21(24-28-20)17-6-4-16(3)5-7-17/h4-11,15H,12-14H2,1-3H3. The highest BCUT2D eigenvalue weighted by atomic mass is 35.5. The van der Waals surface area contributed by atoms with Gasteiger partial charge in [0.1, 0.15) is 0 Å². The molecule has 0 radical (unpaired) electrons. The molecule has 0 spiro atoms. The molecule has 6 nitrogen and oxygen atoms in total. The van der Waals surface area contributed by atoms with E-state index in [0.717, 1.165) is 11.1 Å². The van der Waals surface area contributed by atoms with Crippen molar-refractivity contribution in [1.29, 1.82) is 0 Å². The molecule has 8 heteroatoms. The highest BCUT2D eigenvalue weighted by Crippen LogP contribution is 2.21. The summed E-state index contributed by atoms with van der Waals surface area (Å²) in [5.74, 6) is 1.07. The molecule has 154 valence electrons. The molecule has 0 atom stereocenters. The predicted molar refractivity (Wildman–Crippen MR) is 113 cm³/mol. The monoisotopic (exact) mass is 433 g/mol. The molecule has 0 N–H and O–H groups in total. The molecule has 2 aromatic carbocycles. The van der Waals surface area contributed by atoms with E-state index in [2.05, 4.69) is 10.1 Å². The molecule has 0 aliphatic rings. The molecule has 0 aliphatic carbocycles. The van der Waals surface area contributed by atoms with Crippen LogP contribution in [0.4, 0.5) is 0 Å². The summed E-state index contributed by atoms with van der Waals surface area (Å²) in [5.41, 5.74) is 2.01. The lowest BCUT2D eigenvalue weighted by Gasteiger charge is -2.23. The highest BCUT2D eigenvalue weighted by molar-refractivity contribution is 7.89. The quantitative estimate of drug-likeness (QED) is 0.519. The molecule has 0 unspecified atom stereocenters. The third-order valence-corrected chi connectivity index (χ3v) is 6.50. The zero-order valence-corrected chi connectivity index (χ0v) is 18.2. The summed E-state index contributed by atoms with van der Waals surface area (Å²) in [5, 5.41) is 4.51. The fourth-order valence-corrected chi connectivity index (χ4v) is 4.60. The van der Waals surface area contributed by atoms with E-state index in [0.29, 0.717) is 29.7 Å². The minimum atomic E-state index is -3.65. The molecule has 29 heavy (non-hydrogen) atoms. The summed E-state index contributed by atoms with van der Waals surface area (Å²) < 4.78 is 32.9. The van der Waals surface area contributed by atoms with Crippen molar-refractivity contribution in [3.8, 4) is 11.4 Å². The number of aryl methyl sites for hydroxylation is 1. The van der Waals surface area contributed by atoms with Crippen molar-refractivity contribution in [3.05, 3.63) is 65.0 Å². The Labute approximate surface area is 176 Å². The van der Waals surface area contributed by atoms with Gasteiger partial charge in [-0.3, -0.25) is 0 Å². The molecule has 0 saturated carbocycles. The first-order valence-corrected chi connectivity index (χ1v) is 11.2. The molecule has 3 aromatic rings. The van der Waals surface area contributed by atoms with Crippen LogP contribution in [0.15, 0.2) is 57.9 Å². The van der Waals surface area contributed by atoms with Gasteiger partial charge < -0.3 is 4.52 Å². The van der Waals surface area contributed by atoms with E-state index in [-0.39, 0.29) is 17.4 Å². The molecule has 0 bridgehead atoms. The van der Waals surface area contributed by atoms with Crippen LogP contribution in [0.2, 0.25) is 5.02 Å². The second kappa shape index (κ2) is 9.07. The van der Waals surface area contributed by atoms with E-state index >= 15 is 0 Å². The van der Waals surface area contributed by atoms with Gasteiger partial charge in [0.2, 0.25) is 21.7 Å². The van der Waals surface area contributed by atoms with Crippen LogP contribution in [0.1, 0.15) is 25.3 Å². The summed E-state index contributed by atoms with van der Waals surface area (Å²) in [4.78, 5) is 4.63. The first kappa shape index (κ1) is 21.5. The van der Waals surface area contributed by atoms with Gasteiger partial charge in [0.25, 0.3) is 0 Å². The van der Waals surface area contributed by atoms with Gasteiger partial charge in [-0.2, -0.15) is 9.29 Å². The van der Waals surface area contributed by atoms with Gasteiger partial charge in [-0.15, -0.1) is 0 Å². The smallest absolute Gasteiger partial charge is 0.243 e. The third-order valence-electron chi connectivity index (χ3n) is 4.37. The van der Waals surface area contributed by atoms with E-state index < -0.39 is 10.0 Å². The zero-order chi connectivity index (χ0) is 21.0. The van der Waals surface area contributed by atoms with Crippen LogP contribution < -0.4 is 0 Å². The van der Waals surface area contributed by atoms with Crippen LogP contribution in [-0.2, 0) is 16.4 Å². The Hall–Kier alpha value is -2.22. The van der Waals surface area contributed by atoms with Crippen molar-refractivity contribution >= 4 is 21.6 Å². The number of rotatable bonds is 8. The Morgan fingerprint density at radius 3 is 2.34 bits per heavy atom. The minimum absolute atomic E-state index is 0.169. The van der Waals surface area contributed by atoms with E-state index in [1.807, 2.05) is 45.0 Å². The Morgan fingerprint density at radius 2 is 1.72 bits per heavy atom.